The first-order valence-electron chi connectivity index (χ1n) is 6.76. The second-order valence-corrected chi connectivity index (χ2v) is 8.45. The summed E-state index contributed by atoms with van der Waals surface area (Å²) in [5.74, 6) is -4.26. The van der Waals surface area contributed by atoms with E-state index >= 15 is 0 Å². The number of carboxylic acid groups (broad SMARTS) is 3. The monoisotopic (exact) mass is 753 g/mol. The third-order valence-corrected chi connectivity index (χ3v) is 7.25. The summed E-state index contributed by atoms with van der Waals surface area (Å²) in [6, 6.07) is 0. The standard InChI is InChI=1S/3C4H2Cl3NO2.Eu/c3*5-1-2(4(9)10)8(7)3(1)6;/h3*3H,(H,9,10);/q;;;+3/p-3. The molecular weight excluding hydrogens is 753 g/mol. The van der Waals surface area contributed by atoms with E-state index in [0.717, 1.165) is 13.3 Å². The van der Waals surface area contributed by atoms with E-state index in [4.69, 9.17) is 105 Å². The van der Waals surface area contributed by atoms with Crippen molar-refractivity contribution >= 4 is 123 Å². The van der Waals surface area contributed by atoms with Gasteiger partial charge in [0.05, 0.1) is 50.1 Å². The summed E-state index contributed by atoms with van der Waals surface area (Å²) in [7, 11) is 0. The molecule has 0 amide bonds. The van der Waals surface area contributed by atoms with E-state index in [1.807, 2.05) is 0 Å². The van der Waals surface area contributed by atoms with E-state index in [2.05, 4.69) is 0 Å². The summed E-state index contributed by atoms with van der Waals surface area (Å²) in [6.07, 6.45) is 0. The molecule has 0 aromatic heterocycles. The summed E-state index contributed by atoms with van der Waals surface area (Å²) in [4.78, 5) is 30.3. The van der Waals surface area contributed by atoms with Gasteiger partial charge in [0.1, 0.15) is 0 Å². The van der Waals surface area contributed by atoms with Gasteiger partial charge in [-0.3, -0.25) is 13.3 Å². The number of halogens is 9. The first kappa shape index (κ1) is 32.2. The molecule has 3 rings (SSSR count). The zero-order valence-corrected chi connectivity index (χ0v) is 23.0. The smallest absolute Gasteiger partial charge is 0.543 e. The Morgan fingerprint density at radius 3 is 0.806 bits per heavy atom. The summed E-state index contributed by atoms with van der Waals surface area (Å²) >= 11 is 48.2. The van der Waals surface area contributed by atoms with Gasteiger partial charge < -0.3 is 29.7 Å². The molecule has 0 aliphatic carbocycles. The Hall–Kier alpha value is 1.22. The van der Waals surface area contributed by atoms with Crippen LogP contribution in [0.5, 0.6) is 0 Å². The number of hydrogen-bond donors (Lipinski definition) is 0. The molecule has 0 spiro atoms. The number of carbonyl (C=O) groups is 3. The van der Waals surface area contributed by atoms with Crippen molar-refractivity contribution in [2.45, 2.75) is 16.5 Å². The van der Waals surface area contributed by atoms with Gasteiger partial charge in [-0.1, -0.05) is 69.6 Å². The third-order valence-electron chi connectivity index (χ3n) is 3.12. The molecule has 3 atom stereocenters. The Kier molecular flexibility index (Phi) is 13.9. The fourth-order valence-electron chi connectivity index (χ4n) is 1.64. The zero-order chi connectivity index (χ0) is 23.7. The van der Waals surface area contributed by atoms with Gasteiger partial charge in [0.25, 0.3) is 0 Å². The van der Waals surface area contributed by atoms with Crippen LogP contribution in [0.4, 0.5) is 0 Å². The molecule has 0 aromatic carbocycles. The molecule has 3 aliphatic rings. The molecule has 172 valence electrons. The number of rotatable bonds is 3. The van der Waals surface area contributed by atoms with Crippen molar-refractivity contribution in [3.8, 4) is 0 Å². The summed E-state index contributed by atoms with van der Waals surface area (Å²) in [5.41, 5.74) is -3.00. The number of carboxylic acids is 3. The Morgan fingerprint density at radius 1 is 0.581 bits per heavy atom. The van der Waals surface area contributed by atoms with E-state index < -0.39 is 34.4 Å². The van der Waals surface area contributed by atoms with Gasteiger partial charge in [-0.25, -0.2) is 0 Å². The van der Waals surface area contributed by atoms with Crippen LogP contribution in [0.2, 0.25) is 0 Å². The van der Waals surface area contributed by atoms with Gasteiger partial charge in [-0.05, 0) is 0 Å². The van der Waals surface area contributed by atoms with Crippen LogP contribution < -0.4 is 15.3 Å². The molecule has 0 fully saturated rings. The van der Waals surface area contributed by atoms with Crippen LogP contribution in [-0.4, -0.2) is 47.7 Å². The second kappa shape index (κ2) is 13.3. The number of aliphatic carboxylic acids is 3. The average Bonchev–Trinajstić information content (AvgIpc) is 2.67. The average molecular weight is 756 g/mol. The van der Waals surface area contributed by atoms with Crippen molar-refractivity contribution in [2.75, 3.05) is 0 Å². The fraction of sp³-hybridized carbons (Fsp3) is 0.250. The fourth-order valence-corrected chi connectivity index (χ4v) is 4.09. The minimum atomic E-state index is -1.42. The minimum absolute atomic E-state index is 0. The predicted octanol–water partition coefficient (Wildman–Crippen LogP) is 0.663. The molecule has 19 heteroatoms. The van der Waals surface area contributed by atoms with Crippen LogP contribution in [0.3, 0.4) is 0 Å². The molecule has 3 aliphatic heterocycles. The maximum absolute atomic E-state index is 10.1. The van der Waals surface area contributed by atoms with Crippen LogP contribution in [0.25, 0.3) is 0 Å². The predicted molar refractivity (Wildman–Crippen MR) is 106 cm³/mol. The SMILES string of the molecule is O=C([O-])C1=C(Cl)C(Cl)N1Cl.O=C([O-])C1=C(Cl)C(Cl)N1Cl.O=C([O-])C1=C(Cl)C(Cl)N1Cl.[Eu+3]. The maximum Gasteiger partial charge on any atom is 3.00 e. The van der Waals surface area contributed by atoms with Gasteiger partial charge >= 0.3 is 49.4 Å². The molecule has 0 saturated heterocycles. The van der Waals surface area contributed by atoms with Gasteiger partial charge in [-0.2, -0.15) is 0 Å². The minimum Gasteiger partial charge on any atom is -0.543 e. The van der Waals surface area contributed by atoms with Crippen LogP contribution in [-0.2, 0) is 14.4 Å². The molecule has 0 saturated carbocycles. The van der Waals surface area contributed by atoms with E-state index in [9.17, 15) is 29.7 Å². The van der Waals surface area contributed by atoms with Crippen LogP contribution in [0.1, 0.15) is 0 Å². The van der Waals surface area contributed by atoms with Crippen LogP contribution >= 0.6 is 105 Å². The molecule has 3 unspecified atom stereocenters. The molecule has 9 nitrogen and oxygen atoms in total. The van der Waals surface area contributed by atoms with Gasteiger partial charge in [0, 0.05) is 35.3 Å². The van der Waals surface area contributed by atoms with Gasteiger partial charge in [0.2, 0.25) is 0 Å². The van der Waals surface area contributed by atoms with Crippen molar-refractivity contribution in [3.63, 3.8) is 0 Å². The molecule has 0 bridgehead atoms. The van der Waals surface area contributed by atoms with E-state index in [-0.39, 0.29) is 81.6 Å². The number of alkyl halides is 3. The molecular formula is C12H3Cl9EuN3O6. The Balaban J connectivity index is 0.000000429. The second-order valence-electron chi connectivity index (χ2n) is 4.89. The van der Waals surface area contributed by atoms with Crippen molar-refractivity contribution in [1.29, 1.82) is 0 Å². The van der Waals surface area contributed by atoms with Crippen molar-refractivity contribution in [1.82, 2.24) is 13.3 Å². The molecule has 3 heterocycles. The van der Waals surface area contributed by atoms with Crippen molar-refractivity contribution < 1.29 is 79.1 Å². The van der Waals surface area contributed by atoms with Gasteiger partial charge in [0.15, 0.2) is 16.5 Å². The Morgan fingerprint density at radius 2 is 0.742 bits per heavy atom. The van der Waals surface area contributed by atoms with E-state index in [1.54, 1.807) is 0 Å². The Labute approximate surface area is 260 Å². The molecule has 0 radical (unpaired) electrons. The molecule has 31 heavy (non-hydrogen) atoms. The van der Waals surface area contributed by atoms with Crippen LogP contribution in [0.15, 0.2) is 32.2 Å². The van der Waals surface area contributed by atoms with E-state index in [0.29, 0.717) is 0 Å². The number of hydrogen-bond acceptors (Lipinski definition) is 9. The van der Waals surface area contributed by atoms with E-state index in [1.165, 1.54) is 0 Å². The summed E-state index contributed by atoms with van der Waals surface area (Å²) in [6.45, 7) is 0. The first-order valence-corrected chi connectivity index (χ1v) is 10.2. The van der Waals surface area contributed by atoms with Crippen molar-refractivity contribution in [3.05, 3.63) is 32.2 Å². The maximum atomic E-state index is 10.1. The quantitative estimate of drug-likeness (QED) is 0.232. The van der Waals surface area contributed by atoms with Crippen LogP contribution in [0, 0.1) is 49.4 Å². The third kappa shape index (κ3) is 7.11. The largest absolute Gasteiger partial charge is 3.00 e. The molecule has 0 N–H and O–H groups in total. The summed E-state index contributed by atoms with van der Waals surface area (Å²) < 4.78 is 2.41. The van der Waals surface area contributed by atoms with Gasteiger partial charge in [-0.15, -0.1) is 0 Å². The zero-order valence-electron chi connectivity index (χ0n) is 13.8. The summed E-state index contributed by atoms with van der Waals surface area (Å²) in [5, 5.41) is 30.4. The Bertz CT molecular complexity index is 759. The number of nitrogens with zero attached hydrogens (tertiary/aromatic N) is 3. The first-order chi connectivity index (χ1) is 13.7. The molecule has 0 aromatic rings. The number of carbonyl (C=O) groups excluding carboxylic acids is 3. The normalized spacial score (nSPS) is 23.9. The topological polar surface area (TPSA) is 130 Å². The van der Waals surface area contributed by atoms with Crippen molar-refractivity contribution in [2.24, 2.45) is 0 Å².